The van der Waals surface area contributed by atoms with E-state index >= 15 is 0 Å². The van der Waals surface area contributed by atoms with Crippen molar-refractivity contribution in [1.29, 1.82) is 0 Å². The first-order valence-electron chi connectivity index (χ1n) is 6.62. The third-order valence-corrected chi connectivity index (χ3v) is 4.40. The van der Waals surface area contributed by atoms with Crippen LogP contribution in [0.2, 0.25) is 0 Å². The van der Waals surface area contributed by atoms with Gasteiger partial charge in [0.2, 0.25) is 0 Å². The number of nitrogens with one attached hydrogen (secondary N) is 2. The van der Waals surface area contributed by atoms with E-state index in [1.807, 2.05) is 11.8 Å². The number of halogens is 1. The molecule has 6 nitrogen and oxygen atoms in total. The predicted octanol–water partition coefficient (Wildman–Crippen LogP) is 1.74. The van der Waals surface area contributed by atoms with Crippen LogP contribution in [0.4, 0.5) is 4.39 Å². The summed E-state index contributed by atoms with van der Waals surface area (Å²) >= 11 is 0. The first kappa shape index (κ1) is 17.1. The molecule has 0 aromatic heterocycles. The van der Waals surface area contributed by atoms with Gasteiger partial charge in [-0.25, -0.2) is 18.2 Å². The lowest BCUT2D eigenvalue weighted by Gasteiger charge is -2.16. The Hall–Kier alpha value is -2.29. The van der Waals surface area contributed by atoms with Gasteiger partial charge < -0.3 is 5.11 Å². The molecule has 23 heavy (non-hydrogen) atoms. The molecule has 2 aromatic rings. The molecule has 3 N–H and O–H groups in total. The molecule has 0 saturated carbocycles. The first-order chi connectivity index (χ1) is 10.8. The van der Waals surface area contributed by atoms with E-state index in [9.17, 15) is 22.7 Å². The number of hydrogen-bond acceptors (Lipinski definition) is 4. The molecular weight excluding hydrogens is 323 g/mol. The Bertz CT molecular complexity index is 789. The van der Waals surface area contributed by atoms with Gasteiger partial charge in [-0.15, -0.1) is 4.83 Å². The highest BCUT2D eigenvalue weighted by Gasteiger charge is 2.22. The number of rotatable bonds is 6. The summed E-state index contributed by atoms with van der Waals surface area (Å²) in [6.45, 7) is 1.82. The SMILES string of the molecule is Cc1ccc(S(=O)(=O)NNC(C(=O)O)c2ccc(F)cc2)cc1. The van der Waals surface area contributed by atoms with Crippen molar-refractivity contribution in [2.45, 2.75) is 17.9 Å². The molecule has 2 rings (SSSR count). The Morgan fingerprint density at radius 2 is 1.65 bits per heavy atom. The molecular formula is C15H15FN2O4S. The first-order valence-corrected chi connectivity index (χ1v) is 8.10. The van der Waals surface area contributed by atoms with Gasteiger partial charge in [-0.05, 0) is 36.8 Å². The normalized spacial score (nSPS) is 12.8. The minimum absolute atomic E-state index is 0.00107. The Morgan fingerprint density at radius 3 is 2.17 bits per heavy atom. The van der Waals surface area contributed by atoms with E-state index in [1.54, 1.807) is 12.1 Å². The zero-order valence-electron chi connectivity index (χ0n) is 12.2. The average molecular weight is 338 g/mol. The fraction of sp³-hybridized carbons (Fsp3) is 0.133. The van der Waals surface area contributed by atoms with Crippen molar-refractivity contribution in [1.82, 2.24) is 10.3 Å². The van der Waals surface area contributed by atoms with Crippen molar-refractivity contribution < 1.29 is 22.7 Å². The number of sulfonamides is 1. The Labute approximate surface area is 133 Å². The summed E-state index contributed by atoms with van der Waals surface area (Å²) in [4.78, 5) is 13.3. The smallest absolute Gasteiger partial charge is 0.326 e. The minimum atomic E-state index is -3.92. The number of carboxylic acid groups (broad SMARTS) is 1. The number of benzene rings is 2. The Balaban J connectivity index is 2.16. The highest BCUT2D eigenvalue weighted by Crippen LogP contribution is 2.15. The molecule has 0 aliphatic carbocycles. The molecule has 0 bridgehead atoms. The van der Waals surface area contributed by atoms with Crippen LogP contribution >= 0.6 is 0 Å². The molecule has 0 saturated heterocycles. The Morgan fingerprint density at radius 1 is 1.09 bits per heavy atom. The minimum Gasteiger partial charge on any atom is -0.480 e. The van der Waals surface area contributed by atoms with Crippen LogP contribution in [-0.2, 0) is 14.8 Å². The maximum absolute atomic E-state index is 12.9. The van der Waals surface area contributed by atoms with Gasteiger partial charge >= 0.3 is 5.97 Å². The summed E-state index contributed by atoms with van der Waals surface area (Å²) in [5, 5.41) is 9.21. The van der Waals surface area contributed by atoms with Crippen LogP contribution in [0.5, 0.6) is 0 Å². The molecule has 8 heteroatoms. The van der Waals surface area contributed by atoms with Crippen molar-refractivity contribution >= 4 is 16.0 Å². The molecule has 2 aromatic carbocycles. The fourth-order valence-corrected chi connectivity index (χ4v) is 2.74. The van der Waals surface area contributed by atoms with E-state index in [0.717, 1.165) is 17.7 Å². The molecule has 0 spiro atoms. The number of aliphatic carboxylic acids is 1. The van der Waals surface area contributed by atoms with Gasteiger partial charge in [0.25, 0.3) is 10.0 Å². The van der Waals surface area contributed by atoms with E-state index in [1.165, 1.54) is 24.3 Å². The second kappa shape index (κ2) is 6.86. The highest BCUT2D eigenvalue weighted by atomic mass is 32.2. The average Bonchev–Trinajstić information content (AvgIpc) is 2.49. The van der Waals surface area contributed by atoms with E-state index in [-0.39, 0.29) is 10.5 Å². The topological polar surface area (TPSA) is 95.5 Å². The van der Waals surface area contributed by atoms with E-state index in [4.69, 9.17) is 0 Å². The number of hydrazine groups is 1. The number of aryl methyl sites for hydroxylation is 1. The highest BCUT2D eigenvalue weighted by molar-refractivity contribution is 7.89. The van der Waals surface area contributed by atoms with Gasteiger partial charge in [-0.1, -0.05) is 29.8 Å². The zero-order valence-corrected chi connectivity index (χ0v) is 13.0. The van der Waals surface area contributed by atoms with Crippen LogP contribution in [-0.4, -0.2) is 19.5 Å². The van der Waals surface area contributed by atoms with Gasteiger partial charge in [-0.2, -0.15) is 0 Å². The number of carbonyl (C=O) groups is 1. The van der Waals surface area contributed by atoms with Crippen LogP contribution in [0.1, 0.15) is 17.2 Å². The number of hydrogen-bond donors (Lipinski definition) is 3. The van der Waals surface area contributed by atoms with Gasteiger partial charge in [0.05, 0.1) is 4.90 Å². The van der Waals surface area contributed by atoms with Crippen molar-refractivity contribution in [3.05, 3.63) is 65.5 Å². The summed E-state index contributed by atoms with van der Waals surface area (Å²) in [7, 11) is -3.92. The third kappa shape index (κ3) is 4.35. The second-order valence-electron chi connectivity index (χ2n) is 4.89. The molecule has 0 heterocycles. The molecule has 1 unspecified atom stereocenters. The van der Waals surface area contributed by atoms with E-state index in [2.05, 4.69) is 5.43 Å². The van der Waals surface area contributed by atoms with Crippen molar-refractivity contribution in [2.24, 2.45) is 0 Å². The molecule has 1 atom stereocenters. The van der Waals surface area contributed by atoms with Crippen LogP contribution < -0.4 is 10.3 Å². The van der Waals surface area contributed by atoms with Crippen LogP contribution in [0, 0.1) is 12.7 Å². The van der Waals surface area contributed by atoms with Gasteiger partial charge in [0.1, 0.15) is 11.9 Å². The largest absolute Gasteiger partial charge is 0.480 e. The standard InChI is InChI=1S/C15H15FN2O4S/c1-10-2-8-13(9-3-10)23(21,22)18-17-14(15(19)20)11-4-6-12(16)7-5-11/h2-9,14,17-18H,1H3,(H,19,20). The quantitative estimate of drug-likeness (QED) is 0.698. The molecule has 0 fully saturated rings. The summed E-state index contributed by atoms with van der Waals surface area (Å²) in [5.41, 5.74) is 3.36. The van der Waals surface area contributed by atoms with Gasteiger partial charge in [-0.3, -0.25) is 4.79 Å². The lowest BCUT2D eigenvalue weighted by Crippen LogP contribution is -2.42. The van der Waals surface area contributed by atoms with Crippen molar-refractivity contribution in [3.63, 3.8) is 0 Å². The third-order valence-electron chi connectivity index (χ3n) is 3.12. The van der Waals surface area contributed by atoms with E-state index < -0.39 is 27.9 Å². The Kier molecular flexibility index (Phi) is 5.09. The molecule has 122 valence electrons. The molecule has 0 amide bonds. The second-order valence-corrected chi connectivity index (χ2v) is 6.57. The van der Waals surface area contributed by atoms with Crippen molar-refractivity contribution in [2.75, 3.05) is 0 Å². The van der Waals surface area contributed by atoms with E-state index in [0.29, 0.717) is 0 Å². The van der Waals surface area contributed by atoms with Gasteiger partial charge in [0, 0.05) is 0 Å². The van der Waals surface area contributed by atoms with Gasteiger partial charge in [0.15, 0.2) is 0 Å². The fourth-order valence-electron chi connectivity index (χ4n) is 1.86. The lowest BCUT2D eigenvalue weighted by molar-refractivity contribution is -0.139. The summed E-state index contributed by atoms with van der Waals surface area (Å²) in [6, 6.07) is 9.45. The maximum Gasteiger partial charge on any atom is 0.326 e. The summed E-state index contributed by atoms with van der Waals surface area (Å²) in [5.74, 6) is -1.82. The van der Waals surface area contributed by atoms with Crippen LogP contribution in [0.15, 0.2) is 53.4 Å². The predicted molar refractivity (Wildman–Crippen MR) is 81.4 cm³/mol. The van der Waals surface area contributed by atoms with Crippen LogP contribution in [0.3, 0.4) is 0 Å². The monoisotopic (exact) mass is 338 g/mol. The zero-order chi connectivity index (χ0) is 17.0. The van der Waals surface area contributed by atoms with Crippen LogP contribution in [0.25, 0.3) is 0 Å². The van der Waals surface area contributed by atoms with Crippen molar-refractivity contribution in [3.8, 4) is 0 Å². The molecule has 0 radical (unpaired) electrons. The summed E-state index contributed by atoms with van der Waals surface area (Å²) in [6.07, 6.45) is 0. The lowest BCUT2D eigenvalue weighted by atomic mass is 10.1. The maximum atomic E-state index is 12.9. The summed E-state index contributed by atoms with van der Waals surface area (Å²) < 4.78 is 37.2. The molecule has 0 aliphatic rings. The number of carboxylic acids is 1. The molecule has 0 aliphatic heterocycles.